The number of aliphatic hydroxyl groups excluding tert-OH is 1. The Morgan fingerprint density at radius 1 is 1.41 bits per heavy atom. The molecule has 0 amide bonds. The molecule has 1 N–H and O–H groups in total. The molecule has 0 saturated heterocycles. The molecule has 0 saturated carbocycles. The summed E-state index contributed by atoms with van der Waals surface area (Å²) in [5.74, 6) is -0.251. The highest BCUT2D eigenvalue weighted by Crippen LogP contribution is 2.19. The summed E-state index contributed by atoms with van der Waals surface area (Å²) in [5.41, 5.74) is 2.42. The Morgan fingerprint density at radius 3 is 2.76 bits per heavy atom. The van der Waals surface area contributed by atoms with Gasteiger partial charge in [0.15, 0.2) is 0 Å². The van der Waals surface area contributed by atoms with Crippen LogP contribution in [0.4, 0.5) is 4.39 Å². The molecule has 4 heteroatoms. The summed E-state index contributed by atoms with van der Waals surface area (Å²) in [7, 11) is 1.80. The number of aliphatic hydroxyl groups is 1. The van der Waals surface area contributed by atoms with E-state index < -0.39 is 6.10 Å². The average molecular weight is 234 g/mol. The molecule has 90 valence electrons. The molecule has 1 unspecified atom stereocenters. The van der Waals surface area contributed by atoms with Gasteiger partial charge in [-0.1, -0.05) is 6.07 Å². The summed E-state index contributed by atoms with van der Waals surface area (Å²) in [6.45, 7) is 1.84. The van der Waals surface area contributed by atoms with Crippen molar-refractivity contribution in [3.8, 4) is 0 Å². The first-order valence-electron chi connectivity index (χ1n) is 5.49. The number of hydrogen-bond acceptors (Lipinski definition) is 2. The van der Waals surface area contributed by atoms with Crippen molar-refractivity contribution in [2.24, 2.45) is 7.05 Å². The zero-order chi connectivity index (χ0) is 12.4. The number of benzene rings is 1. The summed E-state index contributed by atoms with van der Waals surface area (Å²) in [5, 5.41) is 14.2. The molecule has 0 aliphatic heterocycles. The molecule has 0 spiro atoms. The number of nitrogens with zero attached hydrogens (tertiary/aromatic N) is 2. The molecule has 0 fully saturated rings. The van der Waals surface area contributed by atoms with Crippen molar-refractivity contribution < 1.29 is 9.50 Å². The molecule has 2 aromatic rings. The Morgan fingerprint density at radius 2 is 2.18 bits per heavy atom. The maximum Gasteiger partial charge on any atom is 0.123 e. The van der Waals surface area contributed by atoms with Crippen LogP contribution in [0.15, 0.2) is 30.5 Å². The van der Waals surface area contributed by atoms with Crippen molar-refractivity contribution >= 4 is 0 Å². The molecular formula is C13H15FN2O. The van der Waals surface area contributed by atoms with Gasteiger partial charge < -0.3 is 5.11 Å². The predicted molar refractivity (Wildman–Crippen MR) is 63.0 cm³/mol. The minimum atomic E-state index is -0.652. The Kier molecular flexibility index (Phi) is 3.24. The van der Waals surface area contributed by atoms with Crippen LogP contribution in [0, 0.1) is 12.7 Å². The van der Waals surface area contributed by atoms with Crippen molar-refractivity contribution in [2.75, 3.05) is 0 Å². The Balaban J connectivity index is 2.15. The highest BCUT2D eigenvalue weighted by molar-refractivity contribution is 5.28. The molecule has 1 aromatic heterocycles. The van der Waals surface area contributed by atoms with E-state index in [1.165, 1.54) is 12.1 Å². The Labute approximate surface area is 99.5 Å². The van der Waals surface area contributed by atoms with Crippen molar-refractivity contribution in [2.45, 2.75) is 19.4 Å². The van der Waals surface area contributed by atoms with Gasteiger partial charge in [0.2, 0.25) is 0 Å². The van der Waals surface area contributed by atoms with Gasteiger partial charge in [-0.05, 0) is 36.2 Å². The molecule has 0 aliphatic carbocycles. The largest absolute Gasteiger partial charge is 0.386 e. The summed E-state index contributed by atoms with van der Waals surface area (Å²) in [6.07, 6.45) is 1.58. The van der Waals surface area contributed by atoms with Gasteiger partial charge in [0, 0.05) is 19.7 Å². The lowest BCUT2D eigenvalue weighted by Gasteiger charge is -2.10. The van der Waals surface area contributed by atoms with Crippen molar-refractivity contribution in [1.82, 2.24) is 9.78 Å². The summed E-state index contributed by atoms with van der Waals surface area (Å²) < 4.78 is 14.6. The number of aryl methyl sites for hydroxylation is 2. The first kappa shape index (κ1) is 11.8. The third kappa shape index (κ3) is 2.71. The number of rotatable bonds is 3. The van der Waals surface area contributed by atoms with Gasteiger partial charge in [-0.3, -0.25) is 4.68 Å². The smallest absolute Gasteiger partial charge is 0.123 e. The molecule has 1 heterocycles. The summed E-state index contributed by atoms with van der Waals surface area (Å²) in [4.78, 5) is 0. The fourth-order valence-electron chi connectivity index (χ4n) is 1.81. The Bertz CT molecular complexity index is 522. The highest BCUT2D eigenvalue weighted by Gasteiger charge is 2.12. The summed E-state index contributed by atoms with van der Waals surface area (Å²) in [6, 6.07) is 6.37. The average Bonchev–Trinajstić information content (AvgIpc) is 2.69. The molecular weight excluding hydrogens is 219 g/mol. The van der Waals surface area contributed by atoms with Gasteiger partial charge in [-0.15, -0.1) is 0 Å². The molecule has 0 aliphatic rings. The van der Waals surface area contributed by atoms with Crippen LogP contribution in [0.5, 0.6) is 0 Å². The molecule has 3 nitrogen and oxygen atoms in total. The first-order valence-corrected chi connectivity index (χ1v) is 5.49. The minimum Gasteiger partial charge on any atom is -0.386 e. The SMILES string of the molecule is Cc1cc(F)ccc1CC(O)c1ccn(C)n1. The molecule has 0 radical (unpaired) electrons. The fourth-order valence-corrected chi connectivity index (χ4v) is 1.81. The van der Waals surface area contributed by atoms with Crippen LogP contribution in [-0.4, -0.2) is 14.9 Å². The zero-order valence-corrected chi connectivity index (χ0v) is 9.89. The van der Waals surface area contributed by atoms with Gasteiger partial charge >= 0.3 is 0 Å². The van der Waals surface area contributed by atoms with E-state index in [1.54, 1.807) is 30.1 Å². The maximum absolute atomic E-state index is 12.9. The second-order valence-corrected chi connectivity index (χ2v) is 4.21. The van der Waals surface area contributed by atoms with E-state index in [9.17, 15) is 9.50 Å². The molecule has 0 bridgehead atoms. The van der Waals surface area contributed by atoms with Gasteiger partial charge in [-0.2, -0.15) is 5.10 Å². The molecule has 2 rings (SSSR count). The van der Waals surface area contributed by atoms with Crippen LogP contribution in [0.25, 0.3) is 0 Å². The van der Waals surface area contributed by atoms with E-state index in [2.05, 4.69) is 5.10 Å². The summed E-state index contributed by atoms with van der Waals surface area (Å²) >= 11 is 0. The van der Waals surface area contributed by atoms with Gasteiger partial charge in [-0.25, -0.2) is 4.39 Å². The van der Waals surface area contributed by atoms with Crippen molar-refractivity contribution in [3.05, 3.63) is 53.1 Å². The van der Waals surface area contributed by atoms with Gasteiger partial charge in [0.05, 0.1) is 5.69 Å². The van der Waals surface area contributed by atoms with Gasteiger partial charge in [0.25, 0.3) is 0 Å². The number of hydrogen-bond donors (Lipinski definition) is 1. The normalized spacial score (nSPS) is 12.7. The van der Waals surface area contributed by atoms with Crippen LogP contribution in [0.3, 0.4) is 0 Å². The quantitative estimate of drug-likeness (QED) is 0.883. The Hall–Kier alpha value is -1.68. The van der Waals surface area contributed by atoms with Crippen molar-refractivity contribution in [3.63, 3.8) is 0 Å². The zero-order valence-electron chi connectivity index (χ0n) is 9.89. The van der Waals surface area contributed by atoms with E-state index in [0.29, 0.717) is 12.1 Å². The first-order chi connectivity index (χ1) is 8.06. The number of halogens is 1. The number of aromatic nitrogens is 2. The third-order valence-electron chi connectivity index (χ3n) is 2.79. The second-order valence-electron chi connectivity index (χ2n) is 4.21. The van der Waals surface area contributed by atoms with Crippen LogP contribution < -0.4 is 0 Å². The van der Waals surface area contributed by atoms with E-state index in [0.717, 1.165) is 11.1 Å². The van der Waals surface area contributed by atoms with Gasteiger partial charge in [0.1, 0.15) is 11.9 Å². The van der Waals surface area contributed by atoms with Crippen LogP contribution in [0.2, 0.25) is 0 Å². The third-order valence-corrected chi connectivity index (χ3v) is 2.79. The fraction of sp³-hybridized carbons (Fsp3) is 0.308. The minimum absolute atomic E-state index is 0.251. The van der Waals surface area contributed by atoms with E-state index in [4.69, 9.17) is 0 Å². The lowest BCUT2D eigenvalue weighted by molar-refractivity contribution is 0.172. The molecule has 1 atom stereocenters. The predicted octanol–water partition coefficient (Wildman–Crippen LogP) is 2.14. The van der Waals surface area contributed by atoms with Crippen LogP contribution >= 0.6 is 0 Å². The standard InChI is InChI=1S/C13H15FN2O/c1-9-7-11(14)4-3-10(9)8-13(17)12-5-6-16(2)15-12/h3-7,13,17H,8H2,1-2H3. The van der Waals surface area contributed by atoms with Crippen LogP contribution in [0.1, 0.15) is 22.9 Å². The maximum atomic E-state index is 12.9. The van der Waals surface area contributed by atoms with E-state index >= 15 is 0 Å². The van der Waals surface area contributed by atoms with Crippen LogP contribution in [-0.2, 0) is 13.5 Å². The highest BCUT2D eigenvalue weighted by atomic mass is 19.1. The van der Waals surface area contributed by atoms with Crippen molar-refractivity contribution in [1.29, 1.82) is 0 Å². The molecule has 1 aromatic carbocycles. The molecule has 17 heavy (non-hydrogen) atoms. The lowest BCUT2D eigenvalue weighted by atomic mass is 10.0. The monoisotopic (exact) mass is 234 g/mol. The van der Waals surface area contributed by atoms with E-state index in [1.807, 2.05) is 6.92 Å². The second kappa shape index (κ2) is 4.67. The van der Waals surface area contributed by atoms with E-state index in [-0.39, 0.29) is 5.82 Å². The lowest BCUT2D eigenvalue weighted by Crippen LogP contribution is -2.05. The topological polar surface area (TPSA) is 38.0 Å².